The maximum absolute atomic E-state index is 5.67. The van der Waals surface area contributed by atoms with Gasteiger partial charge < -0.3 is 10.1 Å². The molecule has 0 spiro atoms. The van der Waals surface area contributed by atoms with Crippen LogP contribution in [0, 0.1) is 11.8 Å². The average Bonchev–Trinajstić information content (AvgIpc) is 3.18. The summed E-state index contributed by atoms with van der Waals surface area (Å²) in [5.74, 6) is 2.01. The predicted molar refractivity (Wildman–Crippen MR) is 72.2 cm³/mol. The van der Waals surface area contributed by atoms with Crippen LogP contribution in [0.4, 0.5) is 0 Å². The van der Waals surface area contributed by atoms with E-state index in [1.165, 1.54) is 51.4 Å². The van der Waals surface area contributed by atoms with Gasteiger partial charge in [0.05, 0.1) is 6.61 Å². The van der Waals surface area contributed by atoms with E-state index in [2.05, 4.69) is 12.2 Å². The van der Waals surface area contributed by atoms with Crippen LogP contribution in [0.25, 0.3) is 0 Å². The van der Waals surface area contributed by atoms with Crippen molar-refractivity contribution in [3.05, 3.63) is 0 Å². The van der Waals surface area contributed by atoms with Gasteiger partial charge in [0.2, 0.25) is 0 Å². The Morgan fingerprint density at radius 3 is 2.29 bits per heavy atom. The standard InChI is InChI=1S/C15H29NO/c1-2-3-4-5-11-17-12-10-16-15(13-6-7-13)14-8-9-14/h13-16H,2-12H2,1H3. The largest absolute Gasteiger partial charge is 0.380 e. The summed E-state index contributed by atoms with van der Waals surface area (Å²) in [6.07, 6.45) is 11.1. The van der Waals surface area contributed by atoms with Crippen LogP contribution in [0.1, 0.15) is 58.3 Å². The number of hydrogen-bond donors (Lipinski definition) is 1. The first kappa shape index (κ1) is 13.4. The fraction of sp³-hybridized carbons (Fsp3) is 1.00. The summed E-state index contributed by atoms with van der Waals surface area (Å²) < 4.78 is 5.67. The highest BCUT2D eigenvalue weighted by Crippen LogP contribution is 2.44. The number of rotatable bonds is 11. The van der Waals surface area contributed by atoms with E-state index in [4.69, 9.17) is 4.74 Å². The van der Waals surface area contributed by atoms with Crippen LogP contribution in [0.2, 0.25) is 0 Å². The SMILES string of the molecule is CCCCCCOCCNC(C1CC1)C1CC1. The lowest BCUT2D eigenvalue weighted by Gasteiger charge is -2.17. The Morgan fingerprint density at radius 2 is 1.71 bits per heavy atom. The number of nitrogens with one attached hydrogen (secondary N) is 1. The van der Waals surface area contributed by atoms with Crippen molar-refractivity contribution in [3.8, 4) is 0 Å². The first-order chi connectivity index (χ1) is 8.42. The lowest BCUT2D eigenvalue weighted by atomic mass is 10.1. The van der Waals surface area contributed by atoms with E-state index in [1.54, 1.807) is 0 Å². The van der Waals surface area contributed by atoms with Gasteiger partial charge in [-0.2, -0.15) is 0 Å². The molecule has 0 bridgehead atoms. The summed E-state index contributed by atoms with van der Waals surface area (Å²) in [7, 11) is 0. The highest BCUT2D eigenvalue weighted by Gasteiger charge is 2.40. The molecular weight excluding hydrogens is 210 g/mol. The zero-order valence-electron chi connectivity index (χ0n) is 11.4. The van der Waals surface area contributed by atoms with Gasteiger partial charge in [0, 0.05) is 19.2 Å². The van der Waals surface area contributed by atoms with E-state index < -0.39 is 0 Å². The quantitative estimate of drug-likeness (QED) is 0.558. The van der Waals surface area contributed by atoms with Gasteiger partial charge in [-0.25, -0.2) is 0 Å². The van der Waals surface area contributed by atoms with E-state index in [0.29, 0.717) is 0 Å². The number of unbranched alkanes of at least 4 members (excludes halogenated alkanes) is 3. The van der Waals surface area contributed by atoms with Crippen molar-refractivity contribution in [2.75, 3.05) is 19.8 Å². The minimum absolute atomic E-state index is 0.832. The molecule has 2 saturated carbocycles. The molecule has 0 saturated heterocycles. The van der Waals surface area contributed by atoms with E-state index >= 15 is 0 Å². The molecule has 0 atom stereocenters. The minimum atomic E-state index is 0.832. The van der Waals surface area contributed by atoms with E-state index in [0.717, 1.165) is 37.6 Å². The highest BCUT2D eigenvalue weighted by atomic mass is 16.5. The predicted octanol–water partition coefficient (Wildman–Crippen LogP) is 3.36. The summed E-state index contributed by atoms with van der Waals surface area (Å²) in [5, 5.41) is 3.72. The number of hydrogen-bond acceptors (Lipinski definition) is 2. The average molecular weight is 239 g/mol. The molecule has 0 heterocycles. The van der Waals surface area contributed by atoms with Crippen LogP contribution in [0.3, 0.4) is 0 Å². The molecule has 0 aromatic carbocycles. The van der Waals surface area contributed by atoms with Crippen molar-refractivity contribution in [2.45, 2.75) is 64.3 Å². The fourth-order valence-corrected chi connectivity index (χ4v) is 2.66. The molecule has 2 aliphatic rings. The molecule has 1 N–H and O–H groups in total. The Balaban J connectivity index is 1.40. The molecule has 0 aromatic rings. The molecule has 0 unspecified atom stereocenters. The molecule has 2 aliphatic carbocycles. The molecule has 2 nitrogen and oxygen atoms in total. The monoisotopic (exact) mass is 239 g/mol. The van der Waals surface area contributed by atoms with Crippen molar-refractivity contribution < 1.29 is 4.74 Å². The van der Waals surface area contributed by atoms with Gasteiger partial charge in [0.1, 0.15) is 0 Å². The second-order valence-electron chi connectivity index (χ2n) is 5.83. The third-order valence-electron chi connectivity index (χ3n) is 4.03. The van der Waals surface area contributed by atoms with Crippen LogP contribution < -0.4 is 5.32 Å². The van der Waals surface area contributed by atoms with Crippen molar-refractivity contribution in [3.63, 3.8) is 0 Å². The Morgan fingerprint density at radius 1 is 1.00 bits per heavy atom. The van der Waals surface area contributed by atoms with Crippen LogP contribution in [-0.4, -0.2) is 25.8 Å². The first-order valence-electron chi connectivity index (χ1n) is 7.73. The Kier molecular flexibility index (Phi) is 5.79. The van der Waals surface area contributed by atoms with E-state index in [9.17, 15) is 0 Å². The maximum atomic E-state index is 5.67. The van der Waals surface area contributed by atoms with Gasteiger partial charge in [-0.3, -0.25) is 0 Å². The van der Waals surface area contributed by atoms with Gasteiger partial charge in [0.15, 0.2) is 0 Å². The molecule has 2 heteroatoms. The van der Waals surface area contributed by atoms with Gasteiger partial charge in [-0.15, -0.1) is 0 Å². The van der Waals surface area contributed by atoms with Gasteiger partial charge in [0.25, 0.3) is 0 Å². The molecule has 100 valence electrons. The fourth-order valence-electron chi connectivity index (χ4n) is 2.66. The minimum Gasteiger partial charge on any atom is -0.380 e. The normalized spacial score (nSPS) is 20.1. The summed E-state index contributed by atoms with van der Waals surface area (Å²) in [6, 6.07) is 0.832. The van der Waals surface area contributed by atoms with Crippen LogP contribution in [0.5, 0.6) is 0 Å². The summed E-state index contributed by atoms with van der Waals surface area (Å²) in [4.78, 5) is 0. The molecule has 2 rings (SSSR count). The van der Waals surface area contributed by atoms with Gasteiger partial charge >= 0.3 is 0 Å². The van der Waals surface area contributed by atoms with Crippen LogP contribution >= 0.6 is 0 Å². The zero-order valence-corrected chi connectivity index (χ0v) is 11.4. The molecule has 0 amide bonds. The van der Waals surface area contributed by atoms with Gasteiger partial charge in [-0.1, -0.05) is 26.2 Å². The topological polar surface area (TPSA) is 21.3 Å². The van der Waals surface area contributed by atoms with Crippen molar-refractivity contribution in [2.24, 2.45) is 11.8 Å². The molecule has 0 aliphatic heterocycles. The highest BCUT2D eigenvalue weighted by molar-refractivity contribution is 4.96. The molecule has 17 heavy (non-hydrogen) atoms. The van der Waals surface area contributed by atoms with Crippen LogP contribution in [-0.2, 0) is 4.74 Å². The molecule has 2 fully saturated rings. The van der Waals surface area contributed by atoms with Crippen LogP contribution in [0.15, 0.2) is 0 Å². The van der Waals surface area contributed by atoms with Crippen molar-refractivity contribution in [1.82, 2.24) is 5.32 Å². The maximum Gasteiger partial charge on any atom is 0.0591 e. The summed E-state index contributed by atoms with van der Waals surface area (Å²) >= 11 is 0. The van der Waals surface area contributed by atoms with E-state index in [-0.39, 0.29) is 0 Å². The molecule has 0 aromatic heterocycles. The Hall–Kier alpha value is -0.0800. The first-order valence-corrected chi connectivity index (χ1v) is 7.73. The zero-order chi connectivity index (χ0) is 11.9. The lowest BCUT2D eigenvalue weighted by molar-refractivity contribution is 0.128. The van der Waals surface area contributed by atoms with Crippen molar-refractivity contribution >= 4 is 0 Å². The van der Waals surface area contributed by atoms with Gasteiger partial charge in [-0.05, 0) is 43.9 Å². The Labute approximate surface area is 107 Å². The lowest BCUT2D eigenvalue weighted by Crippen LogP contribution is -2.35. The van der Waals surface area contributed by atoms with Crippen molar-refractivity contribution in [1.29, 1.82) is 0 Å². The molecule has 0 radical (unpaired) electrons. The Bertz CT molecular complexity index is 187. The summed E-state index contributed by atoms with van der Waals surface area (Å²) in [5.41, 5.74) is 0. The second kappa shape index (κ2) is 7.38. The third kappa shape index (κ3) is 5.39. The van der Waals surface area contributed by atoms with E-state index in [1.807, 2.05) is 0 Å². The third-order valence-corrected chi connectivity index (χ3v) is 4.03. The number of ether oxygens (including phenoxy) is 1. The smallest absolute Gasteiger partial charge is 0.0591 e. The second-order valence-corrected chi connectivity index (χ2v) is 5.83. The summed E-state index contributed by atoms with van der Waals surface area (Å²) in [6.45, 7) is 5.17. The molecular formula is C15H29NO.